The number of ether oxygens (including phenoxy) is 4. The minimum Gasteiger partial charge on any atom is -0.493 e. The molecule has 0 bridgehead atoms. The smallest absolute Gasteiger partial charge is 0.328 e. The minimum absolute atomic E-state index is 0.0643. The number of hydrogen-bond donors (Lipinski definition) is 5. The van der Waals surface area contributed by atoms with Gasteiger partial charge in [0.1, 0.15) is 30.2 Å². The van der Waals surface area contributed by atoms with Crippen LogP contribution in [0.3, 0.4) is 0 Å². The second-order valence-corrected chi connectivity index (χ2v) is 5.73. The van der Waals surface area contributed by atoms with Gasteiger partial charge in [-0.2, -0.15) is 0 Å². The fraction of sp³-hybridized carbons (Fsp3) is 0.471. The van der Waals surface area contributed by atoms with Gasteiger partial charge in [-0.05, 0) is 12.1 Å². The number of aliphatic hydroxyl groups excluding tert-OH is 4. The van der Waals surface area contributed by atoms with E-state index in [0.29, 0.717) is 5.75 Å². The average molecular weight is 386 g/mol. The van der Waals surface area contributed by atoms with Crippen LogP contribution in [0.5, 0.6) is 17.2 Å². The Kier molecular flexibility index (Phi) is 6.99. The zero-order valence-electron chi connectivity index (χ0n) is 14.7. The van der Waals surface area contributed by atoms with Gasteiger partial charge in [0, 0.05) is 17.7 Å². The number of benzene rings is 1. The van der Waals surface area contributed by atoms with Gasteiger partial charge >= 0.3 is 5.97 Å². The van der Waals surface area contributed by atoms with Crippen molar-refractivity contribution in [1.29, 1.82) is 0 Å². The molecule has 0 aromatic heterocycles. The molecular weight excluding hydrogens is 364 g/mol. The van der Waals surface area contributed by atoms with Crippen molar-refractivity contribution in [1.82, 2.24) is 0 Å². The van der Waals surface area contributed by atoms with E-state index in [1.54, 1.807) is 0 Å². The van der Waals surface area contributed by atoms with Crippen LogP contribution in [0.2, 0.25) is 0 Å². The number of rotatable bonds is 7. The number of hydrogen-bond acceptors (Lipinski definition) is 9. The molecule has 1 aromatic rings. The zero-order chi connectivity index (χ0) is 20.1. The van der Waals surface area contributed by atoms with Crippen molar-refractivity contribution in [2.24, 2.45) is 0 Å². The first-order valence-corrected chi connectivity index (χ1v) is 7.96. The number of carboxylic acids is 1. The van der Waals surface area contributed by atoms with E-state index in [-0.39, 0.29) is 17.1 Å². The quantitative estimate of drug-likeness (QED) is 0.368. The van der Waals surface area contributed by atoms with E-state index in [4.69, 9.17) is 24.1 Å². The SMILES string of the molecule is COc1cc(/C=C/C(=O)O)c(O[C@@H]2O[C@H](CO)[C@@H](O)[C@H](O)[C@H]2O)cc1OC. The molecule has 10 nitrogen and oxygen atoms in total. The predicted octanol–water partition coefficient (Wildman–Crippen LogP) is -1.02. The van der Waals surface area contributed by atoms with Crippen LogP contribution in [-0.4, -0.2) is 83.0 Å². The Morgan fingerprint density at radius 1 is 1.07 bits per heavy atom. The Balaban J connectivity index is 2.39. The average Bonchev–Trinajstić information content (AvgIpc) is 2.66. The molecule has 0 aliphatic carbocycles. The summed E-state index contributed by atoms with van der Waals surface area (Å²) in [5.74, 6) is -0.550. The lowest BCUT2D eigenvalue weighted by Crippen LogP contribution is -2.60. The first kappa shape index (κ1) is 20.9. The maximum absolute atomic E-state index is 10.8. The first-order valence-electron chi connectivity index (χ1n) is 7.96. The highest BCUT2D eigenvalue weighted by Crippen LogP contribution is 2.37. The van der Waals surface area contributed by atoms with Crippen LogP contribution in [0, 0.1) is 0 Å². The number of carbonyl (C=O) groups is 1. The molecule has 1 saturated heterocycles. The summed E-state index contributed by atoms with van der Waals surface area (Å²) in [4.78, 5) is 10.8. The summed E-state index contributed by atoms with van der Waals surface area (Å²) < 4.78 is 21.2. The Bertz CT molecular complexity index is 687. The van der Waals surface area contributed by atoms with E-state index in [1.165, 1.54) is 32.4 Å². The van der Waals surface area contributed by atoms with Crippen LogP contribution in [0.15, 0.2) is 18.2 Å². The molecule has 5 atom stereocenters. The van der Waals surface area contributed by atoms with Gasteiger partial charge in [-0.15, -0.1) is 0 Å². The van der Waals surface area contributed by atoms with Crippen molar-refractivity contribution in [3.05, 3.63) is 23.8 Å². The summed E-state index contributed by atoms with van der Waals surface area (Å²) in [5.41, 5.74) is 0.270. The minimum atomic E-state index is -1.62. The topological polar surface area (TPSA) is 155 Å². The van der Waals surface area contributed by atoms with Gasteiger partial charge in [-0.3, -0.25) is 0 Å². The standard InChI is InChI=1S/C17H22O10/c1-24-10-5-8(3-4-13(19)20)9(6-11(10)25-2)26-17-16(23)15(22)14(21)12(7-18)27-17/h3-6,12,14-18,21-23H,7H2,1-2H3,(H,19,20)/b4-3+/t12-,14-,15+,16-,17-/m1/s1. The largest absolute Gasteiger partial charge is 0.493 e. The highest BCUT2D eigenvalue weighted by molar-refractivity contribution is 5.86. The van der Waals surface area contributed by atoms with E-state index < -0.39 is 43.3 Å². The molecule has 0 spiro atoms. The summed E-state index contributed by atoms with van der Waals surface area (Å²) in [6.45, 7) is -0.609. The third-order valence-electron chi connectivity index (χ3n) is 4.01. The van der Waals surface area contributed by atoms with E-state index >= 15 is 0 Å². The first-order chi connectivity index (χ1) is 12.8. The Morgan fingerprint density at radius 2 is 1.70 bits per heavy atom. The number of aliphatic carboxylic acids is 1. The molecule has 1 fully saturated rings. The van der Waals surface area contributed by atoms with Crippen LogP contribution in [-0.2, 0) is 9.53 Å². The van der Waals surface area contributed by atoms with Crippen LogP contribution in [0.4, 0.5) is 0 Å². The lowest BCUT2D eigenvalue weighted by molar-refractivity contribution is -0.277. The summed E-state index contributed by atoms with van der Waals surface area (Å²) in [6, 6.07) is 2.85. The maximum atomic E-state index is 10.8. The Hall–Kier alpha value is -2.37. The Morgan fingerprint density at radius 3 is 2.26 bits per heavy atom. The van der Waals surface area contributed by atoms with E-state index in [1.807, 2.05) is 0 Å². The second-order valence-electron chi connectivity index (χ2n) is 5.73. The molecule has 1 aromatic carbocycles. The third-order valence-corrected chi connectivity index (χ3v) is 4.01. The summed E-state index contributed by atoms with van der Waals surface area (Å²) >= 11 is 0. The fourth-order valence-electron chi connectivity index (χ4n) is 2.56. The lowest BCUT2D eigenvalue weighted by atomic mass is 9.99. The molecule has 0 saturated carbocycles. The van der Waals surface area contributed by atoms with Gasteiger partial charge in [0.15, 0.2) is 11.5 Å². The van der Waals surface area contributed by atoms with Crippen LogP contribution in [0.1, 0.15) is 5.56 Å². The lowest BCUT2D eigenvalue weighted by Gasteiger charge is -2.39. The van der Waals surface area contributed by atoms with Crippen molar-refractivity contribution in [2.75, 3.05) is 20.8 Å². The number of carboxylic acid groups (broad SMARTS) is 1. The number of methoxy groups -OCH3 is 2. The molecule has 0 amide bonds. The molecule has 150 valence electrons. The zero-order valence-corrected chi connectivity index (χ0v) is 14.7. The van der Waals surface area contributed by atoms with Crippen LogP contribution < -0.4 is 14.2 Å². The fourth-order valence-corrected chi connectivity index (χ4v) is 2.56. The van der Waals surface area contributed by atoms with E-state index in [0.717, 1.165) is 6.08 Å². The molecule has 2 rings (SSSR count). The van der Waals surface area contributed by atoms with Crippen LogP contribution >= 0.6 is 0 Å². The van der Waals surface area contributed by atoms with Crippen molar-refractivity contribution in [3.63, 3.8) is 0 Å². The maximum Gasteiger partial charge on any atom is 0.328 e. The third kappa shape index (κ3) is 4.67. The van der Waals surface area contributed by atoms with Gasteiger partial charge in [0.05, 0.1) is 20.8 Å². The van der Waals surface area contributed by atoms with Gasteiger partial charge < -0.3 is 44.5 Å². The van der Waals surface area contributed by atoms with E-state index in [2.05, 4.69) is 0 Å². The summed E-state index contributed by atoms with van der Waals surface area (Å²) in [6.07, 6.45) is -5.22. The Labute approximate surface area is 154 Å². The molecule has 0 radical (unpaired) electrons. The molecule has 1 aliphatic heterocycles. The van der Waals surface area contributed by atoms with Gasteiger partial charge in [-0.1, -0.05) is 0 Å². The van der Waals surface area contributed by atoms with Gasteiger partial charge in [-0.25, -0.2) is 4.79 Å². The normalized spacial score (nSPS) is 28.1. The highest BCUT2D eigenvalue weighted by atomic mass is 16.7. The highest BCUT2D eigenvalue weighted by Gasteiger charge is 2.44. The monoisotopic (exact) mass is 386 g/mol. The molecule has 1 heterocycles. The number of aliphatic hydroxyl groups is 4. The molecule has 1 aliphatic rings. The van der Waals surface area contributed by atoms with Gasteiger partial charge in [0.25, 0.3) is 0 Å². The van der Waals surface area contributed by atoms with Crippen molar-refractivity contribution >= 4 is 12.0 Å². The van der Waals surface area contributed by atoms with Crippen molar-refractivity contribution in [2.45, 2.75) is 30.7 Å². The summed E-state index contributed by atoms with van der Waals surface area (Å²) in [5, 5.41) is 47.9. The predicted molar refractivity (Wildman–Crippen MR) is 90.6 cm³/mol. The van der Waals surface area contributed by atoms with Crippen molar-refractivity contribution in [3.8, 4) is 17.2 Å². The van der Waals surface area contributed by atoms with E-state index in [9.17, 15) is 25.2 Å². The molecule has 10 heteroatoms. The molecule has 27 heavy (non-hydrogen) atoms. The summed E-state index contributed by atoms with van der Waals surface area (Å²) in [7, 11) is 2.79. The van der Waals surface area contributed by atoms with Crippen molar-refractivity contribution < 1.29 is 49.3 Å². The molecular formula is C17H22O10. The van der Waals surface area contributed by atoms with Crippen LogP contribution in [0.25, 0.3) is 6.08 Å². The molecule has 0 unspecified atom stereocenters. The molecule has 5 N–H and O–H groups in total. The van der Waals surface area contributed by atoms with Gasteiger partial charge in [0.2, 0.25) is 6.29 Å². The second kappa shape index (κ2) is 9.02.